The second-order valence-corrected chi connectivity index (χ2v) is 5.87. The maximum absolute atomic E-state index is 12.2. The van der Waals surface area contributed by atoms with Gasteiger partial charge in [-0.2, -0.15) is 0 Å². The first-order chi connectivity index (χ1) is 9.52. The van der Waals surface area contributed by atoms with Crippen molar-refractivity contribution in [2.24, 2.45) is 7.05 Å². The number of thioether (sulfide) groups is 1. The molecule has 0 amide bonds. The van der Waals surface area contributed by atoms with Gasteiger partial charge < -0.3 is 4.74 Å². The quantitative estimate of drug-likeness (QED) is 0.478. The van der Waals surface area contributed by atoms with Crippen molar-refractivity contribution in [1.82, 2.24) is 9.55 Å². The first kappa shape index (κ1) is 15.1. The van der Waals surface area contributed by atoms with Crippen LogP contribution in [0.5, 0.6) is 0 Å². The number of nitrogens with zero attached hydrogens (tertiary/aromatic N) is 2. The first-order valence-corrected chi connectivity index (χ1v) is 7.75. The van der Waals surface area contributed by atoms with Gasteiger partial charge >= 0.3 is 5.97 Å². The van der Waals surface area contributed by atoms with E-state index < -0.39 is 0 Å². The van der Waals surface area contributed by atoms with Crippen LogP contribution in [0.3, 0.4) is 0 Å². The van der Waals surface area contributed by atoms with Crippen molar-refractivity contribution >= 4 is 44.6 Å². The largest absolute Gasteiger partial charge is 0.465 e. The third kappa shape index (κ3) is 3.21. The highest BCUT2D eigenvalue weighted by molar-refractivity contribution is 9.10. The summed E-state index contributed by atoms with van der Waals surface area (Å²) in [6.45, 7) is 2.10. The molecular formula is C13H13BrN2O3S. The number of fused-ring (bicyclic) bond motifs is 1. The second kappa shape index (κ2) is 6.41. The molecule has 0 aliphatic heterocycles. The van der Waals surface area contributed by atoms with E-state index in [9.17, 15) is 9.59 Å². The maximum Gasteiger partial charge on any atom is 0.316 e. The number of hydrogen-bond donors (Lipinski definition) is 0. The van der Waals surface area contributed by atoms with Crippen molar-refractivity contribution in [3.8, 4) is 0 Å². The molecule has 0 saturated heterocycles. The number of hydrogen-bond acceptors (Lipinski definition) is 5. The van der Waals surface area contributed by atoms with Crippen molar-refractivity contribution in [3.63, 3.8) is 0 Å². The minimum absolute atomic E-state index is 0.135. The van der Waals surface area contributed by atoms with E-state index in [-0.39, 0.29) is 17.3 Å². The highest BCUT2D eigenvalue weighted by atomic mass is 79.9. The monoisotopic (exact) mass is 356 g/mol. The summed E-state index contributed by atoms with van der Waals surface area (Å²) >= 11 is 4.53. The predicted octanol–water partition coefficient (Wildman–Crippen LogP) is 2.35. The molecule has 0 N–H and O–H groups in total. The standard InChI is InChI=1S/C13H13BrN2O3S/c1-3-19-11(17)7-20-13-15-10-5-4-8(14)6-9(10)12(18)16(13)2/h4-6H,3,7H2,1-2H3. The lowest BCUT2D eigenvalue weighted by Gasteiger charge is -2.08. The van der Waals surface area contributed by atoms with Crippen LogP contribution in [0.4, 0.5) is 0 Å². The molecule has 106 valence electrons. The van der Waals surface area contributed by atoms with Crippen LogP contribution in [-0.2, 0) is 16.6 Å². The van der Waals surface area contributed by atoms with Gasteiger partial charge in [-0.3, -0.25) is 14.2 Å². The molecule has 0 aliphatic rings. The Labute approximate surface area is 128 Å². The topological polar surface area (TPSA) is 61.2 Å². The van der Waals surface area contributed by atoms with Crippen LogP contribution in [0.1, 0.15) is 6.92 Å². The van der Waals surface area contributed by atoms with E-state index in [2.05, 4.69) is 20.9 Å². The molecule has 1 heterocycles. The fraction of sp³-hybridized carbons (Fsp3) is 0.308. The smallest absolute Gasteiger partial charge is 0.316 e. The minimum Gasteiger partial charge on any atom is -0.465 e. The third-order valence-electron chi connectivity index (χ3n) is 2.62. The van der Waals surface area contributed by atoms with Crippen LogP contribution in [0.15, 0.2) is 32.6 Å². The Morgan fingerprint density at radius 2 is 2.25 bits per heavy atom. The van der Waals surface area contributed by atoms with Crippen molar-refractivity contribution in [1.29, 1.82) is 0 Å². The molecule has 0 saturated carbocycles. The molecule has 0 spiro atoms. The summed E-state index contributed by atoms with van der Waals surface area (Å²) in [4.78, 5) is 28.0. The third-order valence-corrected chi connectivity index (χ3v) is 4.12. The van der Waals surface area contributed by atoms with Crippen LogP contribution in [0, 0.1) is 0 Å². The highest BCUT2D eigenvalue weighted by Crippen LogP contribution is 2.19. The number of rotatable bonds is 4. The summed E-state index contributed by atoms with van der Waals surface area (Å²) < 4.78 is 7.13. The number of esters is 1. The Hall–Kier alpha value is -1.34. The van der Waals surface area contributed by atoms with Crippen molar-refractivity contribution < 1.29 is 9.53 Å². The lowest BCUT2D eigenvalue weighted by Crippen LogP contribution is -2.20. The van der Waals surface area contributed by atoms with Gasteiger partial charge in [0.05, 0.1) is 23.3 Å². The zero-order chi connectivity index (χ0) is 14.7. The van der Waals surface area contributed by atoms with E-state index in [1.54, 1.807) is 26.1 Å². The molecule has 0 fully saturated rings. The molecule has 0 unspecified atom stereocenters. The van der Waals surface area contributed by atoms with E-state index in [0.29, 0.717) is 22.7 Å². The molecule has 1 aromatic heterocycles. The Morgan fingerprint density at radius 1 is 1.50 bits per heavy atom. The van der Waals surface area contributed by atoms with Crippen LogP contribution in [0.25, 0.3) is 10.9 Å². The Balaban J connectivity index is 2.35. The lowest BCUT2D eigenvalue weighted by molar-refractivity contribution is -0.139. The number of carbonyl (C=O) groups excluding carboxylic acids is 1. The fourth-order valence-corrected chi connectivity index (χ4v) is 2.81. The number of halogens is 1. The van der Waals surface area contributed by atoms with E-state index in [0.717, 1.165) is 4.47 Å². The average Bonchev–Trinajstić information content (AvgIpc) is 2.42. The molecule has 0 aliphatic carbocycles. The molecule has 0 radical (unpaired) electrons. The SMILES string of the molecule is CCOC(=O)CSc1nc2ccc(Br)cc2c(=O)n1C. The van der Waals surface area contributed by atoms with E-state index in [4.69, 9.17) is 4.74 Å². The second-order valence-electron chi connectivity index (χ2n) is 4.01. The van der Waals surface area contributed by atoms with Crippen LogP contribution >= 0.6 is 27.7 Å². The maximum atomic E-state index is 12.2. The van der Waals surface area contributed by atoms with Gasteiger partial charge in [-0.25, -0.2) is 4.98 Å². The molecule has 2 rings (SSSR count). The van der Waals surface area contributed by atoms with Gasteiger partial charge in [-0.1, -0.05) is 27.7 Å². The molecule has 5 nitrogen and oxygen atoms in total. The summed E-state index contributed by atoms with van der Waals surface area (Å²) in [7, 11) is 1.64. The van der Waals surface area contributed by atoms with Gasteiger partial charge in [0.2, 0.25) is 0 Å². The lowest BCUT2D eigenvalue weighted by atomic mass is 10.2. The fourth-order valence-electron chi connectivity index (χ4n) is 1.68. The van der Waals surface area contributed by atoms with Crippen LogP contribution < -0.4 is 5.56 Å². The summed E-state index contributed by atoms with van der Waals surface area (Å²) in [5, 5.41) is 1.04. The summed E-state index contributed by atoms with van der Waals surface area (Å²) in [6.07, 6.45) is 0. The summed E-state index contributed by atoms with van der Waals surface area (Å²) in [5.41, 5.74) is 0.477. The minimum atomic E-state index is -0.317. The summed E-state index contributed by atoms with van der Waals surface area (Å²) in [5.74, 6) is -0.182. The molecule has 0 atom stereocenters. The van der Waals surface area contributed by atoms with Gasteiger partial charge in [-0.15, -0.1) is 0 Å². The first-order valence-electron chi connectivity index (χ1n) is 5.97. The number of carbonyl (C=O) groups is 1. The molecular weight excluding hydrogens is 344 g/mol. The summed E-state index contributed by atoms with van der Waals surface area (Å²) in [6, 6.07) is 5.34. The number of benzene rings is 1. The Morgan fingerprint density at radius 3 is 2.95 bits per heavy atom. The van der Waals surface area contributed by atoms with Crippen LogP contribution in [-0.4, -0.2) is 27.9 Å². The van der Waals surface area contributed by atoms with Crippen molar-refractivity contribution in [3.05, 3.63) is 33.0 Å². The van der Waals surface area contributed by atoms with Crippen molar-refractivity contribution in [2.45, 2.75) is 12.1 Å². The molecule has 1 aromatic carbocycles. The molecule has 7 heteroatoms. The average molecular weight is 357 g/mol. The van der Waals surface area contributed by atoms with Gasteiger partial charge in [-0.05, 0) is 25.1 Å². The molecule has 2 aromatic rings. The number of aromatic nitrogens is 2. The van der Waals surface area contributed by atoms with E-state index in [1.807, 2.05) is 6.07 Å². The van der Waals surface area contributed by atoms with Gasteiger partial charge in [0.15, 0.2) is 5.16 Å². The van der Waals surface area contributed by atoms with Gasteiger partial charge in [0, 0.05) is 11.5 Å². The molecule has 20 heavy (non-hydrogen) atoms. The van der Waals surface area contributed by atoms with E-state index >= 15 is 0 Å². The van der Waals surface area contributed by atoms with Crippen molar-refractivity contribution in [2.75, 3.05) is 12.4 Å². The Bertz CT molecular complexity index is 715. The van der Waals surface area contributed by atoms with Crippen LogP contribution in [0.2, 0.25) is 0 Å². The normalized spacial score (nSPS) is 10.8. The van der Waals surface area contributed by atoms with E-state index in [1.165, 1.54) is 16.3 Å². The van der Waals surface area contributed by atoms with Gasteiger partial charge in [0.1, 0.15) is 0 Å². The zero-order valence-electron chi connectivity index (χ0n) is 11.1. The Kier molecular flexibility index (Phi) is 4.82. The number of ether oxygens (including phenoxy) is 1. The predicted molar refractivity (Wildman–Crippen MR) is 82.0 cm³/mol. The van der Waals surface area contributed by atoms with Gasteiger partial charge in [0.25, 0.3) is 5.56 Å². The molecule has 0 bridgehead atoms. The zero-order valence-corrected chi connectivity index (χ0v) is 13.5. The highest BCUT2D eigenvalue weighted by Gasteiger charge is 2.11.